The number of rotatable bonds is 4. The minimum absolute atomic E-state index is 0.336. The minimum Gasteiger partial charge on any atom is -0.497 e. The average molecular weight is 402 g/mol. The van der Waals surface area contributed by atoms with Crippen LogP contribution in [0.2, 0.25) is 10.0 Å². The van der Waals surface area contributed by atoms with Crippen molar-refractivity contribution in [2.75, 3.05) is 12.4 Å². The van der Waals surface area contributed by atoms with Crippen LogP contribution in [0, 0.1) is 0 Å². The monoisotopic (exact) mass is 401 g/mol. The Morgan fingerprint density at radius 2 is 2.04 bits per heavy atom. The number of nitrogens with one attached hydrogen (secondary N) is 2. The molecule has 0 saturated heterocycles. The summed E-state index contributed by atoms with van der Waals surface area (Å²) in [4.78, 5) is 12.6. The lowest BCUT2D eigenvalue weighted by Crippen LogP contribution is -2.11. The lowest BCUT2D eigenvalue weighted by molar-refractivity contribution is 0.102. The van der Waals surface area contributed by atoms with Crippen molar-refractivity contribution in [3.63, 3.8) is 0 Å². The van der Waals surface area contributed by atoms with Gasteiger partial charge in [-0.15, -0.1) is 0 Å². The molecule has 4 rings (SSSR count). The van der Waals surface area contributed by atoms with Crippen molar-refractivity contribution in [1.29, 1.82) is 0 Å². The number of halogens is 2. The Labute approximate surface area is 163 Å². The molecule has 0 aliphatic heterocycles. The van der Waals surface area contributed by atoms with Gasteiger partial charge in [0.1, 0.15) is 5.75 Å². The van der Waals surface area contributed by atoms with E-state index in [1.807, 2.05) is 12.1 Å². The van der Waals surface area contributed by atoms with Crippen LogP contribution < -0.4 is 10.1 Å². The number of carbonyl (C=O) groups is 1. The van der Waals surface area contributed by atoms with Crippen LogP contribution in [0.15, 0.2) is 48.8 Å². The van der Waals surface area contributed by atoms with Crippen molar-refractivity contribution in [1.82, 2.24) is 20.0 Å². The third-order valence-electron chi connectivity index (χ3n) is 4.01. The molecule has 7 nitrogen and oxygen atoms in total. The van der Waals surface area contributed by atoms with Gasteiger partial charge in [-0.3, -0.25) is 9.89 Å². The Bertz CT molecular complexity index is 1150. The molecule has 4 aromatic rings. The summed E-state index contributed by atoms with van der Waals surface area (Å²) < 4.78 is 6.76. The molecule has 0 radical (unpaired) electrons. The van der Waals surface area contributed by atoms with E-state index in [2.05, 4.69) is 20.6 Å². The summed E-state index contributed by atoms with van der Waals surface area (Å²) in [6.07, 6.45) is 3.07. The van der Waals surface area contributed by atoms with Gasteiger partial charge >= 0.3 is 0 Å². The smallest absolute Gasteiger partial charge is 0.260 e. The normalized spacial score (nSPS) is 10.9. The average Bonchev–Trinajstić information content (AvgIpc) is 3.31. The number of aromatic nitrogens is 4. The highest BCUT2D eigenvalue weighted by molar-refractivity contribution is 6.42. The van der Waals surface area contributed by atoms with Crippen LogP contribution in [0.5, 0.6) is 5.75 Å². The fourth-order valence-electron chi connectivity index (χ4n) is 2.60. The number of methoxy groups -OCH3 is 1. The molecule has 0 fully saturated rings. The van der Waals surface area contributed by atoms with Crippen LogP contribution in [0.1, 0.15) is 10.4 Å². The molecule has 1 amide bonds. The zero-order chi connectivity index (χ0) is 19.0. The molecule has 27 heavy (non-hydrogen) atoms. The topological polar surface area (TPSA) is 84.8 Å². The molecule has 2 aromatic heterocycles. The number of fused-ring (bicyclic) bond motifs is 1. The molecule has 0 atom stereocenters. The summed E-state index contributed by atoms with van der Waals surface area (Å²) in [5, 5.41) is 15.6. The van der Waals surface area contributed by atoms with Crippen LogP contribution in [0.3, 0.4) is 0 Å². The third-order valence-corrected chi connectivity index (χ3v) is 4.75. The number of anilines is 1. The van der Waals surface area contributed by atoms with Crippen molar-refractivity contribution in [3.05, 3.63) is 64.4 Å². The molecular weight excluding hydrogens is 389 g/mol. The van der Waals surface area contributed by atoms with Gasteiger partial charge < -0.3 is 10.1 Å². The number of ether oxygens (including phenoxy) is 1. The molecule has 9 heteroatoms. The first-order valence-corrected chi connectivity index (χ1v) is 8.64. The van der Waals surface area contributed by atoms with Crippen molar-refractivity contribution >= 4 is 45.8 Å². The van der Waals surface area contributed by atoms with Crippen LogP contribution in [0.25, 0.3) is 16.6 Å². The van der Waals surface area contributed by atoms with Gasteiger partial charge in [0.15, 0.2) is 5.82 Å². The Kier molecular flexibility index (Phi) is 4.47. The zero-order valence-corrected chi connectivity index (χ0v) is 15.5. The second-order valence-electron chi connectivity index (χ2n) is 5.71. The maximum atomic E-state index is 12.6. The van der Waals surface area contributed by atoms with E-state index in [1.54, 1.807) is 42.3 Å². The van der Waals surface area contributed by atoms with Crippen LogP contribution in [-0.4, -0.2) is 33.0 Å². The van der Waals surface area contributed by atoms with Crippen LogP contribution in [0.4, 0.5) is 5.82 Å². The Hall–Kier alpha value is -3.03. The Morgan fingerprint density at radius 1 is 1.19 bits per heavy atom. The van der Waals surface area contributed by atoms with Crippen molar-refractivity contribution < 1.29 is 9.53 Å². The van der Waals surface area contributed by atoms with Crippen molar-refractivity contribution in [2.24, 2.45) is 0 Å². The zero-order valence-electron chi connectivity index (χ0n) is 14.0. The third kappa shape index (κ3) is 3.34. The van der Waals surface area contributed by atoms with E-state index >= 15 is 0 Å². The summed E-state index contributed by atoms with van der Waals surface area (Å²) in [5.41, 5.74) is 1.86. The number of hydrogen-bond donors (Lipinski definition) is 2. The van der Waals surface area contributed by atoms with E-state index in [0.29, 0.717) is 32.9 Å². The first kappa shape index (κ1) is 17.4. The first-order valence-electron chi connectivity index (χ1n) is 7.89. The van der Waals surface area contributed by atoms with E-state index < -0.39 is 0 Å². The number of hydrogen-bond acceptors (Lipinski definition) is 4. The Balaban J connectivity index is 1.59. The fourth-order valence-corrected chi connectivity index (χ4v) is 2.90. The summed E-state index contributed by atoms with van der Waals surface area (Å²) in [5.74, 6) is 0.751. The number of aromatic amines is 1. The predicted octanol–water partition coefficient (Wildman–Crippen LogP) is 4.32. The van der Waals surface area contributed by atoms with E-state index in [0.717, 1.165) is 10.9 Å². The number of carbonyl (C=O) groups excluding carboxylic acids is 1. The van der Waals surface area contributed by atoms with Crippen molar-refractivity contribution in [3.8, 4) is 11.4 Å². The molecule has 2 aromatic carbocycles. The van der Waals surface area contributed by atoms with Gasteiger partial charge in [0.2, 0.25) is 0 Å². The lowest BCUT2D eigenvalue weighted by atomic mass is 10.2. The van der Waals surface area contributed by atoms with E-state index in [4.69, 9.17) is 27.9 Å². The number of H-pyrrole nitrogens is 1. The lowest BCUT2D eigenvalue weighted by Gasteiger charge is -2.03. The van der Waals surface area contributed by atoms with Gasteiger partial charge in [-0.2, -0.15) is 10.2 Å². The predicted molar refractivity (Wildman–Crippen MR) is 104 cm³/mol. The Morgan fingerprint density at radius 3 is 2.81 bits per heavy atom. The maximum absolute atomic E-state index is 12.6. The quantitative estimate of drug-likeness (QED) is 0.533. The first-order chi connectivity index (χ1) is 13.0. The molecule has 0 saturated carbocycles. The second kappa shape index (κ2) is 6.94. The van der Waals surface area contributed by atoms with Gasteiger partial charge in [0, 0.05) is 11.6 Å². The maximum Gasteiger partial charge on any atom is 0.260 e. The number of benzene rings is 2. The van der Waals surface area contributed by atoms with Gasteiger partial charge in [0.05, 0.1) is 40.1 Å². The fraction of sp³-hybridized carbons (Fsp3) is 0.0556. The molecule has 0 unspecified atom stereocenters. The molecular formula is C18H13Cl2N5O2. The number of nitrogens with zero attached hydrogens (tertiary/aromatic N) is 3. The summed E-state index contributed by atoms with van der Waals surface area (Å²) in [7, 11) is 1.58. The van der Waals surface area contributed by atoms with Crippen molar-refractivity contribution in [2.45, 2.75) is 0 Å². The molecule has 2 N–H and O–H groups in total. The SMILES string of the molecule is COc1ccc2[nH]nc(NC(=O)c3cnn(-c4ccc(Cl)c(Cl)c4)c3)c2c1. The van der Waals surface area contributed by atoms with E-state index in [9.17, 15) is 4.79 Å². The molecule has 0 spiro atoms. The highest BCUT2D eigenvalue weighted by Gasteiger charge is 2.14. The summed E-state index contributed by atoms with van der Waals surface area (Å²) in [6.45, 7) is 0. The van der Waals surface area contributed by atoms with Gasteiger partial charge in [-0.05, 0) is 36.4 Å². The summed E-state index contributed by atoms with van der Waals surface area (Å²) >= 11 is 12.0. The van der Waals surface area contributed by atoms with Gasteiger partial charge in [-0.1, -0.05) is 23.2 Å². The van der Waals surface area contributed by atoms with Gasteiger partial charge in [-0.25, -0.2) is 4.68 Å². The largest absolute Gasteiger partial charge is 0.497 e. The minimum atomic E-state index is -0.336. The van der Waals surface area contributed by atoms with E-state index in [1.165, 1.54) is 6.20 Å². The van der Waals surface area contributed by atoms with Crippen LogP contribution in [-0.2, 0) is 0 Å². The molecule has 0 aliphatic carbocycles. The van der Waals surface area contributed by atoms with E-state index in [-0.39, 0.29) is 5.91 Å². The molecule has 0 aliphatic rings. The standard InChI is InChI=1S/C18H13Cl2N5O2/c1-27-12-3-5-16-13(7-12)17(24-23-16)22-18(26)10-8-21-25(9-10)11-2-4-14(19)15(20)6-11/h2-9H,1H3,(H2,22,23,24,26). The molecule has 2 heterocycles. The highest BCUT2D eigenvalue weighted by atomic mass is 35.5. The van der Waals surface area contributed by atoms with Crippen LogP contribution >= 0.6 is 23.2 Å². The second-order valence-corrected chi connectivity index (χ2v) is 6.52. The van der Waals surface area contributed by atoms with Gasteiger partial charge in [0.25, 0.3) is 5.91 Å². The molecule has 136 valence electrons. The molecule has 0 bridgehead atoms. The highest BCUT2D eigenvalue weighted by Crippen LogP contribution is 2.26. The number of amides is 1. The summed E-state index contributed by atoms with van der Waals surface area (Å²) in [6, 6.07) is 10.5.